The Morgan fingerprint density at radius 3 is 2.95 bits per heavy atom. The number of halogens is 1. The Bertz CT molecular complexity index is 518. The highest BCUT2D eigenvalue weighted by atomic mass is 35.5. The third-order valence-corrected chi connectivity index (χ3v) is 2.62. The summed E-state index contributed by atoms with van der Waals surface area (Å²) in [7, 11) is 0. The number of aliphatic hydroxyl groups is 1. The summed E-state index contributed by atoms with van der Waals surface area (Å²) in [6, 6.07) is 0. The van der Waals surface area contributed by atoms with Crippen molar-refractivity contribution in [3.05, 3.63) is 24.0 Å². The van der Waals surface area contributed by atoms with Gasteiger partial charge in [0.2, 0.25) is 17.2 Å². The van der Waals surface area contributed by atoms with E-state index in [1.165, 1.54) is 0 Å². The summed E-state index contributed by atoms with van der Waals surface area (Å²) in [5, 5.41) is 12.7. The molecule has 1 atom stereocenters. The van der Waals surface area contributed by atoms with Crippen molar-refractivity contribution in [2.75, 3.05) is 11.9 Å². The molecule has 7 nitrogen and oxygen atoms in total. The van der Waals surface area contributed by atoms with Gasteiger partial charge in [-0.25, -0.2) is 4.98 Å². The maximum absolute atomic E-state index is 9.65. The van der Waals surface area contributed by atoms with Gasteiger partial charge in [0.25, 0.3) is 0 Å². The molecule has 1 unspecified atom stereocenters. The molecule has 0 saturated carbocycles. The number of aromatic nitrogens is 5. The Morgan fingerprint density at radius 1 is 1.42 bits per heavy atom. The van der Waals surface area contributed by atoms with E-state index in [0.29, 0.717) is 18.4 Å². The van der Waals surface area contributed by atoms with Crippen LogP contribution in [-0.2, 0) is 0 Å². The molecule has 2 aromatic rings. The lowest BCUT2D eigenvalue weighted by atomic mass is 10.2. The first kappa shape index (κ1) is 13.7. The second-order valence-electron chi connectivity index (χ2n) is 4.02. The summed E-state index contributed by atoms with van der Waals surface area (Å²) < 4.78 is 1.63. The van der Waals surface area contributed by atoms with Crippen LogP contribution in [0.3, 0.4) is 0 Å². The van der Waals surface area contributed by atoms with Crippen LogP contribution in [0.25, 0.3) is 5.95 Å². The van der Waals surface area contributed by atoms with Crippen molar-refractivity contribution in [2.45, 2.75) is 25.9 Å². The van der Waals surface area contributed by atoms with Gasteiger partial charge < -0.3 is 10.4 Å². The van der Waals surface area contributed by atoms with Crippen molar-refractivity contribution in [1.29, 1.82) is 0 Å². The normalized spacial score (nSPS) is 12.4. The maximum atomic E-state index is 9.65. The topological polar surface area (TPSA) is 88.8 Å². The van der Waals surface area contributed by atoms with Crippen LogP contribution in [0, 0.1) is 0 Å². The van der Waals surface area contributed by atoms with Crippen molar-refractivity contribution >= 4 is 17.5 Å². The van der Waals surface area contributed by atoms with Crippen LogP contribution >= 0.6 is 11.6 Å². The molecular formula is C11H15ClN6O. The van der Waals surface area contributed by atoms with Crippen molar-refractivity contribution in [1.82, 2.24) is 24.5 Å². The summed E-state index contributed by atoms with van der Waals surface area (Å²) in [5.74, 6) is 0.712. The van der Waals surface area contributed by atoms with E-state index in [9.17, 15) is 5.11 Å². The van der Waals surface area contributed by atoms with Gasteiger partial charge in [0.1, 0.15) is 6.33 Å². The van der Waals surface area contributed by atoms with E-state index in [2.05, 4.69) is 25.3 Å². The van der Waals surface area contributed by atoms with Crippen LogP contribution in [0.2, 0.25) is 5.28 Å². The fourth-order valence-electron chi connectivity index (χ4n) is 1.56. The molecule has 2 N–H and O–H groups in total. The number of imidazole rings is 1. The molecule has 0 aromatic carbocycles. The highest BCUT2D eigenvalue weighted by Crippen LogP contribution is 2.09. The minimum Gasteiger partial charge on any atom is -0.391 e. The average Bonchev–Trinajstić information content (AvgIpc) is 2.90. The Labute approximate surface area is 115 Å². The van der Waals surface area contributed by atoms with Crippen LogP contribution in [0.15, 0.2) is 18.7 Å². The number of hydrogen-bond acceptors (Lipinski definition) is 6. The summed E-state index contributed by atoms with van der Waals surface area (Å²) in [6.45, 7) is 2.39. The molecule has 0 amide bonds. The van der Waals surface area contributed by atoms with E-state index >= 15 is 0 Å². The minimum absolute atomic E-state index is 0.0891. The molecule has 8 heteroatoms. The molecule has 2 heterocycles. The molecule has 2 rings (SSSR count). The largest absolute Gasteiger partial charge is 0.391 e. The quantitative estimate of drug-likeness (QED) is 0.830. The van der Waals surface area contributed by atoms with Crippen LogP contribution in [0.1, 0.15) is 19.8 Å². The number of anilines is 1. The summed E-state index contributed by atoms with van der Waals surface area (Å²) >= 11 is 5.84. The van der Waals surface area contributed by atoms with Gasteiger partial charge in [0.05, 0.1) is 6.10 Å². The zero-order valence-corrected chi connectivity index (χ0v) is 11.2. The highest BCUT2D eigenvalue weighted by molar-refractivity contribution is 6.28. The third kappa shape index (κ3) is 3.87. The van der Waals surface area contributed by atoms with Crippen LogP contribution in [0.4, 0.5) is 5.95 Å². The smallest absolute Gasteiger partial charge is 0.241 e. The van der Waals surface area contributed by atoms with E-state index in [0.717, 1.165) is 12.8 Å². The lowest BCUT2D eigenvalue weighted by molar-refractivity contribution is 0.176. The number of nitrogens with one attached hydrogen (secondary N) is 1. The lowest BCUT2D eigenvalue weighted by Gasteiger charge is -2.11. The van der Waals surface area contributed by atoms with Gasteiger partial charge >= 0.3 is 0 Å². The molecule has 0 fully saturated rings. The molecule has 102 valence electrons. The van der Waals surface area contributed by atoms with E-state index in [-0.39, 0.29) is 5.28 Å². The third-order valence-electron chi connectivity index (χ3n) is 2.45. The van der Waals surface area contributed by atoms with Crippen molar-refractivity contribution in [3.63, 3.8) is 0 Å². The molecule has 0 aliphatic carbocycles. The number of hydrogen-bond donors (Lipinski definition) is 2. The SMILES string of the molecule is CCCC(O)CNc1nc(Cl)nc(-n2ccnc2)n1. The van der Waals surface area contributed by atoms with Crippen molar-refractivity contribution in [3.8, 4) is 5.95 Å². The number of nitrogens with zero attached hydrogens (tertiary/aromatic N) is 5. The molecule has 19 heavy (non-hydrogen) atoms. The maximum Gasteiger partial charge on any atom is 0.241 e. The number of rotatable bonds is 6. The van der Waals surface area contributed by atoms with E-state index in [1.807, 2.05) is 6.92 Å². The molecule has 0 aliphatic rings. The molecular weight excluding hydrogens is 268 g/mol. The number of aliphatic hydroxyl groups excluding tert-OH is 1. The Morgan fingerprint density at radius 2 is 2.26 bits per heavy atom. The van der Waals surface area contributed by atoms with Gasteiger partial charge in [-0.05, 0) is 18.0 Å². The van der Waals surface area contributed by atoms with E-state index < -0.39 is 6.10 Å². The highest BCUT2D eigenvalue weighted by Gasteiger charge is 2.08. The molecule has 0 saturated heterocycles. The second-order valence-corrected chi connectivity index (χ2v) is 4.36. The van der Waals surface area contributed by atoms with Crippen molar-refractivity contribution < 1.29 is 5.11 Å². The summed E-state index contributed by atoms with van der Waals surface area (Å²) in [5.41, 5.74) is 0. The van der Waals surface area contributed by atoms with Gasteiger partial charge in [-0.1, -0.05) is 13.3 Å². The Kier molecular flexibility index (Phi) is 4.64. The molecule has 2 aromatic heterocycles. The average molecular weight is 283 g/mol. The first-order valence-electron chi connectivity index (χ1n) is 6.01. The van der Waals surface area contributed by atoms with Gasteiger partial charge in [-0.3, -0.25) is 4.57 Å². The molecule has 0 radical (unpaired) electrons. The van der Waals surface area contributed by atoms with Crippen LogP contribution in [0.5, 0.6) is 0 Å². The van der Waals surface area contributed by atoms with E-state index in [4.69, 9.17) is 11.6 Å². The monoisotopic (exact) mass is 282 g/mol. The van der Waals surface area contributed by atoms with Crippen molar-refractivity contribution in [2.24, 2.45) is 0 Å². The van der Waals surface area contributed by atoms with Gasteiger partial charge in [-0.2, -0.15) is 15.0 Å². The van der Waals surface area contributed by atoms with Crippen LogP contribution in [-0.4, -0.2) is 42.3 Å². The van der Waals surface area contributed by atoms with Gasteiger partial charge in [0, 0.05) is 18.9 Å². The van der Waals surface area contributed by atoms with Gasteiger partial charge in [-0.15, -0.1) is 0 Å². The zero-order valence-electron chi connectivity index (χ0n) is 10.5. The predicted molar refractivity (Wildman–Crippen MR) is 71.4 cm³/mol. The standard InChI is InChI=1S/C11H15ClN6O/c1-2-3-8(19)6-14-10-15-9(12)16-11(17-10)18-5-4-13-7-18/h4-5,7-8,19H,2-3,6H2,1H3,(H,14,15,16,17). The summed E-state index contributed by atoms with van der Waals surface area (Å²) in [6.07, 6.45) is 6.11. The first-order valence-corrected chi connectivity index (χ1v) is 6.38. The van der Waals surface area contributed by atoms with E-state index in [1.54, 1.807) is 23.3 Å². The molecule has 0 aliphatic heterocycles. The van der Waals surface area contributed by atoms with Gasteiger partial charge in [0.15, 0.2) is 0 Å². The fourth-order valence-corrected chi connectivity index (χ4v) is 1.71. The minimum atomic E-state index is -0.433. The van der Waals surface area contributed by atoms with Crippen LogP contribution < -0.4 is 5.32 Å². The molecule has 0 spiro atoms. The molecule has 0 bridgehead atoms. The first-order chi connectivity index (χ1) is 9.19. The summed E-state index contributed by atoms with van der Waals surface area (Å²) in [4.78, 5) is 16.1. The lowest BCUT2D eigenvalue weighted by Crippen LogP contribution is -2.20. The zero-order chi connectivity index (χ0) is 13.7. The second kappa shape index (κ2) is 6.44. The predicted octanol–water partition coefficient (Wildman–Crippen LogP) is 1.28. The fraction of sp³-hybridized carbons (Fsp3) is 0.455. The Balaban J connectivity index is 2.09. The Hall–Kier alpha value is -1.73.